The van der Waals surface area contributed by atoms with Crippen molar-refractivity contribution in [1.29, 1.82) is 0 Å². The van der Waals surface area contributed by atoms with Crippen molar-refractivity contribution in [3.63, 3.8) is 0 Å². The fraction of sp³-hybridized carbons (Fsp3) is 0.690. The molecule has 1 amide bonds. The van der Waals surface area contributed by atoms with Crippen LogP contribution in [0.2, 0.25) is 0 Å². The average molecular weight is 524 g/mol. The van der Waals surface area contributed by atoms with Crippen molar-refractivity contribution >= 4 is 5.91 Å². The molecule has 38 heavy (non-hydrogen) atoms. The van der Waals surface area contributed by atoms with Gasteiger partial charge in [0.1, 0.15) is 18.0 Å². The van der Waals surface area contributed by atoms with E-state index in [9.17, 15) is 4.79 Å². The van der Waals surface area contributed by atoms with Crippen LogP contribution in [0.5, 0.6) is 0 Å². The van der Waals surface area contributed by atoms with Crippen LogP contribution in [0.3, 0.4) is 0 Å². The quantitative estimate of drug-likeness (QED) is 0.261. The number of hydrogen-bond acceptors (Lipinski definition) is 8. The van der Waals surface area contributed by atoms with Gasteiger partial charge in [0.15, 0.2) is 0 Å². The second-order valence-corrected chi connectivity index (χ2v) is 11.8. The van der Waals surface area contributed by atoms with Gasteiger partial charge in [-0.05, 0) is 62.7 Å². The average Bonchev–Trinajstić information content (AvgIpc) is 3.42. The number of carbonyl (C=O) groups is 1. The molecule has 0 aromatic heterocycles. The fourth-order valence-corrected chi connectivity index (χ4v) is 7.23. The molecule has 8 atom stereocenters. The van der Waals surface area contributed by atoms with E-state index >= 15 is 0 Å². The van der Waals surface area contributed by atoms with Gasteiger partial charge in [0.05, 0.1) is 12.2 Å². The molecule has 0 spiro atoms. The Kier molecular flexibility index (Phi) is 7.90. The van der Waals surface area contributed by atoms with Gasteiger partial charge in [-0.2, -0.15) is 0 Å². The summed E-state index contributed by atoms with van der Waals surface area (Å²) in [5, 5.41) is 18.9. The lowest BCUT2D eigenvalue weighted by molar-refractivity contribution is -0.125. The topological polar surface area (TPSA) is 92.9 Å². The summed E-state index contributed by atoms with van der Waals surface area (Å²) in [6.07, 6.45) is 17.6. The molecule has 0 bridgehead atoms. The van der Waals surface area contributed by atoms with Crippen molar-refractivity contribution in [3.8, 4) is 0 Å². The highest BCUT2D eigenvalue weighted by Gasteiger charge is 2.40. The second kappa shape index (κ2) is 11.5. The van der Waals surface area contributed by atoms with Crippen molar-refractivity contribution in [3.05, 3.63) is 48.4 Å². The van der Waals surface area contributed by atoms with Crippen molar-refractivity contribution < 1.29 is 9.53 Å². The van der Waals surface area contributed by atoms with Gasteiger partial charge in [-0.15, -0.1) is 0 Å². The van der Waals surface area contributed by atoms with Gasteiger partial charge >= 0.3 is 0 Å². The molecule has 4 fully saturated rings. The monoisotopic (exact) mass is 523 g/mol. The van der Waals surface area contributed by atoms with Gasteiger partial charge in [0.25, 0.3) is 0 Å². The highest BCUT2D eigenvalue weighted by atomic mass is 16.5. The molecule has 6 rings (SSSR count). The van der Waals surface area contributed by atoms with E-state index in [2.05, 4.69) is 69.4 Å². The first-order chi connectivity index (χ1) is 18.6. The number of allylic oxidation sites excluding steroid dienone is 1. The fourth-order valence-electron chi connectivity index (χ4n) is 7.23. The molecule has 5 heterocycles. The van der Waals surface area contributed by atoms with E-state index in [4.69, 9.17) is 4.74 Å². The molecule has 1 aliphatic carbocycles. The Morgan fingerprint density at radius 2 is 2.11 bits per heavy atom. The third kappa shape index (κ3) is 5.58. The third-order valence-corrected chi connectivity index (χ3v) is 9.44. The Morgan fingerprint density at radius 1 is 1.18 bits per heavy atom. The van der Waals surface area contributed by atoms with Crippen molar-refractivity contribution in [1.82, 2.24) is 36.4 Å². The Hall–Kier alpha value is -2.17. The second-order valence-electron chi connectivity index (χ2n) is 11.8. The zero-order chi connectivity index (χ0) is 26.1. The molecule has 0 aromatic carbocycles. The minimum atomic E-state index is 0.0284. The molecule has 3 saturated heterocycles. The van der Waals surface area contributed by atoms with Gasteiger partial charge in [-0.25, -0.2) is 0 Å². The van der Waals surface area contributed by atoms with Crippen molar-refractivity contribution in [2.75, 3.05) is 32.8 Å². The number of hydrogen-bond donors (Lipinski definition) is 5. The van der Waals surface area contributed by atoms with Gasteiger partial charge in [0.2, 0.25) is 5.91 Å². The summed E-state index contributed by atoms with van der Waals surface area (Å²) in [6.45, 7) is 10.4. The highest BCUT2D eigenvalue weighted by molar-refractivity contribution is 5.87. The van der Waals surface area contributed by atoms with E-state index < -0.39 is 0 Å². The van der Waals surface area contributed by atoms with Crippen LogP contribution >= 0.6 is 0 Å². The van der Waals surface area contributed by atoms with Crippen LogP contribution in [0.15, 0.2) is 48.4 Å². The zero-order valence-electron chi connectivity index (χ0n) is 22.7. The number of rotatable bonds is 6. The molecule has 0 radical (unpaired) electrons. The molecule has 0 aromatic rings. The predicted octanol–water partition coefficient (Wildman–Crippen LogP) is 1.10. The first-order valence-corrected chi connectivity index (χ1v) is 14.7. The van der Waals surface area contributed by atoms with Crippen LogP contribution in [0.4, 0.5) is 0 Å². The molecule has 208 valence electrons. The Bertz CT molecular complexity index is 980. The smallest absolute Gasteiger partial charge is 0.246 e. The molecule has 5 N–H and O–H groups in total. The number of ether oxygens (including phenoxy) is 1. The van der Waals surface area contributed by atoms with E-state index in [1.165, 1.54) is 18.1 Å². The summed E-state index contributed by atoms with van der Waals surface area (Å²) in [7, 11) is 0. The highest BCUT2D eigenvalue weighted by Crippen LogP contribution is 2.31. The molecular weight excluding hydrogens is 478 g/mol. The minimum absolute atomic E-state index is 0.0284. The zero-order valence-corrected chi connectivity index (χ0v) is 22.7. The summed E-state index contributed by atoms with van der Waals surface area (Å²) in [4.78, 5) is 16.2. The molecule has 9 heteroatoms. The van der Waals surface area contributed by atoms with Crippen LogP contribution in [0.25, 0.3) is 0 Å². The maximum Gasteiger partial charge on any atom is 0.246 e. The van der Waals surface area contributed by atoms with Gasteiger partial charge in [0, 0.05) is 57.2 Å². The third-order valence-electron chi connectivity index (χ3n) is 9.44. The maximum absolute atomic E-state index is 12.0. The SMILES string of the molecule is C=CC(=O)N1CC=C(C2CCC3NCNC(NC4CCC(OC5=CC6NCCN6C=C5)C(C)C4)C3N2)CC1. The van der Waals surface area contributed by atoms with Crippen molar-refractivity contribution in [2.45, 2.75) is 88.1 Å². The maximum atomic E-state index is 12.0. The molecule has 8 unspecified atom stereocenters. The number of amides is 1. The van der Waals surface area contributed by atoms with Crippen LogP contribution in [0.1, 0.15) is 45.4 Å². The standard InChI is InChI=1S/C29H45N7O2/c1-3-27(37)36-12-8-20(9-13-36)23-5-6-24-28(34-23)29(32-18-31-24)33-21-4-7-25(19(2)16-21)38-22-10-14-35-15-11-30-26(35)17-22/h3,8,10,14,17,19,21,23-26,28-34H,1,4-7,9,11-13,15-16,18H2,2H3. The van der Waals surface area contributed by atoms with Gasteiger partial charge in [-0.1, -0.05) is 25.2 Å². The van der Waals surface area contributed by atoms with Crippen LogP contribution in [0, 0.1) is 5.92 Å². The van der Waals surface area contributed by atoms with Crippen LogP contribution in [-0.4, -0.2) is 91.2 Å². The summed E-state index contributed by atoms with van der Waals surface area (Å²) in [5.41, 5.74) is 1.45. The Morgan fingerprint density at radius 3 is 2.92 bits per heavy atom. The molecule has 5 aliphatic heterocycles. The van der Waals surface area contributed by atoms with E-state index in [0.29, 0.717) is 36.6 Å². The minimum Gasteiger partial charge on any atom is -0.490 e. The van der Waals surface area contributed by atoms with E-state index in [0.717, 1.165) is 64.2 Å². The summed E-state index contributed by atoms with van der Waals surface area (Å²) >= 11 is 0. The summed E-state index contributed by atoms with van der Waals surface area (Å²) in [6, 6.07) is 1.67. The molecule has 9 nitrogen and oxygen atoms in total. The number of carbonyl (C=O) groups excluding carboxylic acids is 1. The lowest BCUT2D eigenvalue weighted by atomic mass is 9.82. The molecular formula is C29H45N7O2. The summed E-state index contributed by atoms with van der Waals surface area (Å²) < 4.78 is 6.49. The van der Waals surface area contributed by atoms with Gasteiger partial charge in [-0.3, -0.25) is 26.1 Å². The number of nitrogens with one attached hydrogen (secondary N) is 5. The van der Waals surface area contributed by atoms with E-state index in [1.54, 1.807) is 0 Å². The normalized spacial score (nSPS) is 39.1. The van der Waals surface area contributed by atoms with Crippen LogP contribution < -0.4 is 26.6 Å². The molecule has 6 aliphatic rings. The van der Waals surface area contributed by atoms with E-state index in [-0.39, 0.29) is 24.3 Å². The number of fused-ring (bicyclic) bond motifs is 2. The lowest BCUT2D eigenvalue weighted by Crippen LogP contribution is -2.73. The lowest BCUT2D eigenvalue weighted by Gasteiger charge is -2.48. The molecule has 1 saturated carbocycles. The van der Waals surface area contributed by atoms with E-state index in [1.807, 2.05) is 4.90 Å². The number of nitrogens with zero attached hydrogens (tertiary/aromatic N) is 2. The van der Waals surface area contributed by atoms with Crippen molar-refractivity contribution in [2.24, 2.45) is 5.92 Å². The Balaban J connectivity index is 1.02. The van der Waals surface area contributed by atoms with Gasteiger partial charge < -0.3 is 19.9 Å². The largest absolute Gasteiger partial charge is 0.490 e. The first kappa shape index (κ1) is 26.1. The van der Waals surface area contributed by atoms with Crippen LogP contribution in [-0.2, 0) is 9.53 Å². The summed E-state index contributed by atoms with van der Waals surface area (Å²) in [5.74, 6) is 1.54. The first-order valence-electron chi connectivity index (χ1n) is 14.7. The predicted molar refractivity (Wildman–Crippen MR) is 149 cm³/mol. The number of piperidine rings is 1. The Labute approximate surface area is 227 Å².